The van der Waals surface area contributed by atoms with Crippen molar-refractivity contribution in [1.29, 1.82) is 0 Å². The molecule has 0 aliphatic rings. The van der Waals surface area contributed by atoms with Crippen molar-refractivity contribution in [2.45, 2.75) is 33.4 Å². The van der Waals surface area contributed by atoms with Crippen LogP contribution in [0.2, 0.25) is 0 Å². The zero-order valence-electron chi connectivity index (χ0n) is 9.42. The fraction of sp³-hybridized carbons (Fsp3) is 0.500. The first-order valence-electron chi connectivity index (χ1n) is 5.21. The summed E-state index contributed by atoms with van der Waals surface area (Å²) in [6.07, 6.45) is 0. The van der Waals surface area contributed by atoms with Gasteiger partial charge < -0.3 is 10.4 Å². The number of halogens is 1. The van der Waals surface area contributed by atoms with E-state index in [9.17, 15) is 5.11 Å². The standard InChI is InChI=1S/C12H18BrNO/c1-8(2)9(3)14-7-10-6-11(13)4-5-12(10)15/h4-6,8-9,14-15H,7H2,1-3H3. The van der Waals surface area contributed by atoms with Crippen LogP contribution in [0.25, 0.3) is 0 Å². The van der Waals surface area contributed by atoms with Crippen LogP contribution in [0.3, 0.4) is 0 Å². The van der Waals surface area contributed by atoms with Gasteiger partial charge in [-0.05, 0) is 31.0 Å². The average molecular weight is 272 g/mol. The topological polar surface area (TPSA) is 32.3 Å². The Hall–Kier alpha value is -0.540. The van der Waals surface area contributed by atoms with Crippen molar-refractivity contribution in [3.05, 3.63) is 28.2 Å². The Bertz CT molecular complexity index is 325. The van der Waals surface area contributed by atoms with E-state index in [2.05, 4.69) is 42.0 Å². The molecule has 0 bridgehead atoms. The molecule has 3 heteroatoms. The molecule has 0 spiro atoms. The van der Waals surface area contributed by atoms with Crippen molar-refractivity contribution in [2.75, 3.05) is 0 Å². The third kappa shape index (κ3) is 3.84. The number of benzene rings is 1. The molecule has 1 aromatic carbocycles. The molecule has 1 atom stereocenters. The Labute approximate surface area is 99.8 Å². The molecular weight excluding hydrogens is 254 g/mol. The fourth-order valence-corrected chi connectivity index (χ4v) is 1.61. The quantitative estimate of drug-likeness (QED) is 0.881. The van der Waals surface area contributed by atoms with Crippen molar-refractivity contribution in [1.82, 2.24) is 5.32 Å². The molecule has 1 unspecified atom stereocenters. The van der Waals surface area contributed by atoms with Gasteiger partial charge in [-0.3, -0.25) is 0 Å². The van der Waals surface area contributed by atoms with Gasteiger partial charge in [-0.1, -0.05) is 29.8 Å². The van der Waals surface area contributed by atoms with E-state index in [-0.39, 0.29) is 0 Å². The predicted molar refractivity (Wildman–Crippen MR) is 66.9 cm³/mol. The highest BCUT2D eigenvalue weighted by Gasteiger charge is 2.07. The Balaban J connectivity index is 2.61. The van der Waals surface area contributed by atoms with Crippen LogP contribution in [-0.4, -0.2) is 11.1 Å². The molecule has 15 heavy (non-hydrogen) atoms. The van der Waals surface area contributed by atoms with Crippen LogP contribution in [0.15, 0.2) is 22.7 Å². The number of phenolic OH excluding ortho intramolecular Hbond substituents is 1. The van der Waals surface area contributed by atoms with Gasteiger partial charge in [-0.2, -0.15) is 0 Å². The van der Waals surface area contributed by atoms with E-state index >= 15 is 0 Å². The Kier molecular flexibility index (Phi) is 4.61. The monoisotopic (exact) mass is 271 g/mol. The highest BCUT2D eigenvalue weighted by atomic mass is 79.9. The van der Waals surface area contributed by atoms with Crippen molar-refractivity contribution in [3.8, 4) is 5.75 Å². The Morgan fingerprint density at radius 2 is 2.00 bits per heavy atom. The summed E-state index contributed by atoms with van der Waals surface area (Å²) >= 11 is 3.39. The normalized spacial score (nSPS) is 13.1. The first-order chi connectivity index (χ1) is 7.00. The summed E-state index contributed by atoms with van der Waals surface area (Å²) < 4.78 is 0.995. The van der Waals surface area contributed by atoms with Gasteiger partial charge in [0.15, 0.2) is 0 Å². The Morgan fingerprint density at radius 3 is 2.60 bits per heavy atom. The third-order valence-corrected chi connectivity index (χ3v) is 3.15. The molecule has 0 aromatic heterocycles. The minimum Gasteiger partial charge on any atom is -0.508 e. The van der Waals surface area contributed by atoms with Gasteiger partial charge in [0.05, 0.1) is 0 Å². The molecule has 0 saturated heterocycles. The average Bonchev–Trinajstić information content (AvgIpc) is 2.18. The van der Waals surface area contributed by atoms with Crippen LogP contribution in [0.5, 0.6) is 5.75 Å². The second-order valence-corrected chi connectivity index (χ2v) is 5.10. The largest absolute Gasteiger partial charge is 0.508 e. The lowest BCUT2D eigenvalue weighted by atomic mass is 10.1. The van der Waals surface area contributed by atoms with Gasteiger partial charge in [-0.25, -0.2) is 0 Å². The summed E-state index contributed by atoms with van der Waals surface area (Å²) in [4.78, 5) is 0. The summed E-state index contributed by atoms with van der Waals surface area (Å²) in [6.45, 7) is 7.21. The second kappa shape index (κ2) is 5.52. The fourth-order valence-electron chi connectivity index (χ4n) is 1.20. The summed E-state index contributed by atoms with van der Waals surface area (Å²) in [7, 11) is 0. The summed E-state index contributed by atoms with van der Waals surface area (Å²) in [5, 5.41) is 13.0. The summed E-state index contributed by atoms with van der Waals surface area (Å²) in [6, 6.07) is 5.93. The number of nitrogens with one attached hydrogen (secondary N) is 1. The van der Waals surface area contributed by atoms with Gasteiger partial charge in [0.1, 0.15) is 5.75 Å². The maximum absolute atomic E-state index is 9.63. The second-order valence-electron chi connectivity index (χ2n) is 4.19. The molecule has 0 aliphatic carbocycles. The van der Waals surface area contributed by atoms with E-state index in [4.69, 9.17) is 0 Å². The third-order valence-electron chi connectivity index (χ3n) is 2.66. The Morgan fingerprint density at radius 1 is 1.33 bits per heavy atom. The number of aromatic hydroxyl groups is 1. The van der Waals surface area contributed by atoms with Crippen LogP contribution in [-0.2, 0) is 6.54 Å². The first kappa shape index (κ1) is 12.5. The van der Waals surface area contributed by atoms with Crippen molar-refractivity contribution in [3.63, 3.8) is 0 Å². The van der Waals surface area contributed by atoms with Crippen LogP contribution in [0.4, 0.5) is 0 Å². The lowest BCUT2D eigenvalue weighted by Crippen LogP contribution is -2.30. The molecule has 0 saturated carbocycles. The number of rotatable bonds is 4. The van der Waals surface area contributed by atoms with Crippen LogP contribution in [0.1, 0.15) is 26.3 Å². The number of hydrogen-bond donors (Lipinski definition) is 2. The van der Waals surface area contributed by atoms with Gasteiger partial charge in [0.2, 0.25) is 0 Å². The summed E-state index contributed by atoms with van der Waals surface area (Å²) in [5.41, 5.74) is 0.928. The maximum atomic E-state index is 9.63. The van der Waals surface area contributed by atoms with Gasteiger partial charge in [-0.15, -0.1) is 0 Å². The SMILES string of the molecule is CC(C)C(C)NCc1cc(Br)ccc1O. The van der Waals surface area contributed by atoms with E-state index in [0.717, 1.165) is 10.0 Å². The van der Waals surface area contributed by atoms with E-state index in [1.165, 1.54) is 0 Å². The molecule has 2 nitrogen and oxygen atoms in total. The smallest absolute Gasteiger partial charge is 0.120 e. The molecule has 1 aromatic rings. The zero-order chi connectivity index (χ0) is 11.4. The van der Waals surface area contributed by atoms with Crippen LogP contribution < -0.4 is 5.32 Å². The molecule has 0 aliphatic heterocycles. The molecule has 0 fully saturated rings. The van der Waals surface area contributed by atoms with E-state index in [0.29, 0.717) is 24.3 Å². The first-order valence-corrected chi connectivity index (χ1v) is 6.00. The lowest BCUT2D eigenvalue weighted by Gasteiger charge is -2.17. The van der Waals surface area contributed by atoms with Crippen molar-refractivity contribution < 1.29 is 5.11 Å². The van der Waals surface area contributed by atoms with Crippen LogP contribution >= 0.6 is 15.9 Å². The molecular formula is C12H18BrNO. The van der Waals surface area contributed by atoms with Crippen molar-refractivity contribution >= 4 is 15.9 Å². The molecule has 0 heterocycles. The highest BCUT2D eigenvalue weighted by Crippen LogP contribution is 2.21. The lowest BCUT2D eigenvalue weighted by molar-refractivity contribution is 0.415. The zero-order valence-corrected chi connectivity index (χ0v) is 11.0. The minimum atomic E-state index is 0.349. The van der Waals surface area contributed by atoms with Crippen LogP contribution in [0, 0.1) is 5.92 Å². The maximum Gasteiger partial charge on any atom is 0.120 e. The highest BCUT2D eigenvalue weighted by molar-refractivity contribution is 9.10. The van der Waals surface area contributed by atoms with E-state index < -0.39 is 0 Å². The van der Waals surface area contributed by atoms with Gasteiger partial charge in [0, 0.05) is 22.6 Å². The van der Waals surface area contributed by atoms with Gasteiger partial charge >= 0.3 is 0 Å². The van der Waals surface area contributed by atoms with Crippen molar-refractivity contribution in [2.24, 2.45) is 5.92 Å². The molecule has 0 radical (unpaired) electrons. The van der Waals surface area contributed by atoms with E-state index in [1.807, 2.05) is 12.1 Å². The molecule has 2 N–H and O–H groups in total. The van der Waals surface area contributed by atoms with Gasteiger partial charge in [0.25, 0.3) is 0 Å². The molecule has 84 valence electrons. The minimum absolute atomic E-state index is 0.349. The summed E-state index contributed by atoms with van der Waals surface area (Å²) in [5.74, 6) is 0.945. The molecule has 0 amide bonds. The number of hydrogen-bond acceptors (Lipinski definition) is 2. The van der Waals surface area contributed by atoms with E-state index in [1.54, 1.807) is 6.07 Å². The number of phenols is 1. The predicted octanol–water partition coefficient (Wildman–Crippen LogP) is 3.29. The molecule has 1 rings (SSSR count).